The van der Waals surface area contributed by atoms with Crippen LogP contribution < -0.4 is 11.5 Å². The molecule has 0 saturated carbocycles. The second kappa shape index (κ2) is 7.49. The predicted molar refractivity (Wildman–Crippen MR) is 94.0 cm³/mol. The van der Waals surface area contributed by atoms with E-state index in [2.05, 4.69) is 4.99 Å². The lowest BCUT2D eigenvalue weighted by Gasteiger charge is -2.14. The van der Waals surface area contributed by atoms with Gasteiger partial charge in [-0.15, -0.1) is 12.4 Å². The third kappa shape index (κ3) is 4.68. The SMILES string of the molecule is Cc1cc(S(=O)(=O)C(C)C)c(S(C)(=O)=O)cc1C(=O)N=C(N)N.Cl. The summed E-state index contributed by atoms with van der Waals surface area (Å²) >= 11 is 0. The third-order valence-electron chi connectivity index (χ3n) is 3.08. The molecule has 0 aliphatic rings. The van der Waals surface area contributed by atoms with Crippen molar-refractivity contribution >= 4 is 43.9 Å². The van der Waals surface area contributed by atoms with Crippen LogP contribution in [-0.4, -0.2) is 40.2 Å². The van der Waals surface area contributed by atoms with E-state index in [9.17, 15) is 21.6 Å². The zero-order chi connectivity index (χ0) is 18.2. The number of hydrogen-bond donors (Lipinski definition) is 2. The molecule has 0 spiro atoms. The molecule has 8 nitrogen and oxygen atoms in total. The van der Waals surface area contributed by atoms with Gasteiger partial charge in [0.25, 0.3) is 5.91 Å². The van der Waals surface area contributed by atoms with Crippen molar-refractivity contribution in [3.63, 3.8) is 0 Å². The average Bonchev–Trinajstić information content (AvgIpc) is 2.35. The van der Waals surface area contributed by atoms with E-state index in [1.807, 2.05) is 0 Å². The molecule has 11 heteroatoms. The van der Waals surface area contributed by atoms with E-state index in [0.29, 0.717) is 0 Å². The molecule has 0 radical (unpaired) electrons. The molecule has 0 bridgehead atoms. The Balaban J connectivity index is 0.00000529. The number of benzene rings is 1. The van der Waals surface area contributed by atoms with Crippen molar-refractivity contribution in [2.45, 2.75) is 35.8 Å². The minimum Gasteiger partial charge on any atom is -0.370 e. The number of aliphatic imine (C=N–C) groups is 1. The summed E-state index contributed by atoms with van der Waals surface area (Å²) in [5.41, 5.74) is 10.4. The summed E-state index contributed by atoms with van der Waals surface area (Å²) in [6.07, 6.45) is 0.867. The minimum atomic E-state index is -3.89. The van der Waals surface area contributed by atoms with Crippen LogP contribution in [0.3, 0.4) is 0 Å². The van der Waals surface area contributed by atoms with Gasteiger partial charge in [0.05, 0.1) is 15.0 Å². The van der Waals surface area contributed by atoms with E-state index in [-0.39, 0.29) is 28.4 Å². The average molecular weight is 398 g/mol. The molecular weight excluding hydrogens is 378 g/mol. The number of amides is 1. The third-order valence-corrected chi connectivity index (χ3v) is 6.54. The highest BCUT2D eigenvalue weighted by Crippen LogP contribution is 2.28. The quantitative estimate of drug-likeness (QED) is 0.551. The Bertz CT molecular complexity index is 886. The number of carbonyl (C=O) groups excluding carboxylic acids is 1. The summed E-state index contributed by atoms with van der Waals surface area (Å²) < 4.78 is 48.7. The summed E-state index contributed by atoms with van der Waals surface area (Å²) in [5.74, 6) is -1.32. The maximum absolute atomic E-state index is 12.4. The number of sulfone groups is 2. The lowest BCUT2D eigenvalue weighted by molar-refractivity contribution is 0.100. The number of rotatable bonds is 4. The Morgan fingerprint density at radius 1 is 1.08 bits per heavy atom. The molecule has 0 aliphatic carbocycles. The van der Waals surface area contributed by atoms with Crippen molar-refractivity contribution in [3.05, 3.63) is 23.3 Å². The fourth-order valence-electron chi connectivity index (χ4n) is 1.84. The van der Waals surface area contributed by atoms with Gasteiger partial charge in [-0.25, -0.2) is 16.8 Å². The van der Waals surface area contributed by atoms with Crippen molar-refractivity contribution in [2.75, 3.05) is 6.26 Å². The molecular formula is C13H20ClN3O5S2. The molecule has 1 aromatic carbocycles. The Morgan fingerprint density at radius 2 is 1.58 bits per heavy atom. The van der Waals surface area contributed by atoms with Crippen molar-refractivity contribution in [1.82, 2.24) is 0 Å². The predicted octanol–water partition coefficient (Wildman–Crippen LogP) is 0.416. The highest BCUT2D eigenvalue weighted by Gasteiger charge is 2.29. The highest BCUT2D eigenvalue weighted by molar-refractivity contribution is 7.94. The van der Waals surface area contributed by atoms with E-state index in [4.69, 9.17) is 11.5 Å². The van der Waals surface area contributed by atoms with Gasteiger partial charge in [0, 0.05) is 11.8 Å². The van der Waals surface area contributed by atoms with Crippen molar-refractivity contribution in [3.8, 4) is 0 Å². The van der Waals surface area contributed by atoms with Gasteiger partial charge in [0.15, 0.2) is 25.6 Å². The summed E-state index contributed by atoms with van der Waals surface area (Å²) in [6.45, 7) is 4.35. The molecule has 0 unspecified atom stereocenters. The summed E-state index contributed by atoms with van der Waals surface area (Å²) in [7, 11) is -7.75. The largest absolute Gasteiger partial charge is 0.370 e. The molecule has 0 aromatic heterocycles. The van der Waals surface area contributed by atoms with Crippen LogP contribution in [0.4, 0.5) is 0 Å². The lowest BCUT2D eigenvalue weighted by Crippen LogP contribution is -2.24. The number of nitrogens with zero attached hydrogens (tertiary/aromatic N) is 1. The number of guanidine groups is 1. The van der Waals surface area contributed by atoms with E-state index in [0.717, 1.165) is 18.4 Å². The normalized spacial score (nSPS) is 11.7. The van der Waals surface area contributed by atoms with Gasteiger partial charge in [-0.3, -0.25) is 4.79 Å². The summed E-state index contributed by atoms with van der Waals surface area (Å²) in [4.78, 5) is 14.5. The molecule has 0 fully saturated rings. The molecule has 1 rings (SSSR count). The Hall–Kier alpha value is -1.65. The monoisotopic (exact) mass is 397 g/mol. The van der Waals surface area contributed by atoms with Gasteiger partial charge in [0.1, 0.15) is 0 Å². The number of carbonyl (C=O) groups is 1. The molecule has 136 valence electrons. The van der Waals surface area contributed by atoms with E-state index >= 15 is 0 Å². The van der Waals surface area contributed by atoms with Crippen LogP contribution in [-0.2, 0) is 19.7 Å². The number of nitrogens with two attached hydrogens (primary N) is 2. The van der Waals surface area contributed by atoms with Crippen LogP contribution in [0.5, 0.6) is 0 Å². The van der Waals surface area contributed by atoms with E-state index < -0.39 is 41.7 Å². The number of halogens is 1. The van der Waals surface area contributed by atoms with Crippen molar-refractivity contribution in [1.29, 1.82) is 0 Å². The molecule has 0 saturated heterocycles. The van der Waals surface area contributed by atoms with Crippen LogP contribution >= 0.6 is 12.4 Å². The van der Waals surface area contributed by atoms with E-state index in [1.165, 1.54) is 20.8 Å². The van der Waals surface area contributed by atoms with Gasteiger partial charge in [-0.1, -0.05) is 0 Å². The number of aryl methyl sites for hydroxylation is 1. The Morgan fingerprint density at radius 3 is 1.96 bits per heavy atom. The highest BCUT2D eigenvalue weighted by atomic mass is 35.5. The first kappa shape index (κ1) is 22.4. The first-order valence-corrected chi connectivity index (χ1v) is 9.94. The number of hydrogen-bond acceptors (Lipinski definition) is 5. The molecule has 0 heterocycles. The van der Waals surface area contributed by atoms with Crippen molar-refractivity contribution in [2.24, 2.45) is 16.5 Å². The van der Waals surface area contributed by atoms with Gasteiger partial charge >= 0.3 is 0 Å². The van der Waals surface area contributed by atoms with Gasteiger partial charge in [-0.05, 0) is 38.5 Å². The molecule has 24 heavy (non-hydrogen) atoms. The van der Waals surface area contributed by atoms with Gasteiger partial charge < -0.3 is 11.5 Å². The Kier molecular flexibility index (Phi) is 6.98. The minimum absolute atomic E-state index is 0. The van der Waals surface area contributed by atoms with Gasteiger partial charge in [-0.2, -0.15) is 4.99 Å². The molecule has 1 amide bonds. The fraction of sp³-hybridized carbons (Fsp3) is 0.385. The summed E-state index contributed by atoms with van der Waals surface area (Å²) in [5, 5.41) is -0.818. The van der Waals surface area contributed by atoms with Gasteiger partial charge in [0.2, 0.25) is 0 Å². The smallest absolute Gasteiger partial charge is 0.280 e. The molecule has 4 N–H and O–H groups in total. The van der Waals surface area contributed by atoms with Crippen LogP contribution in [0, 0.1) is 6.92 Å². The second-order valence-electron chi connectivity index (χ2n) is 5.32. The van der Waals surface area contributed by atoms with Crippen LogP contribution in [0.15, 0.2) is 26.9 Å². The fourth-order valence-corrected chi connectivity index (χ4v) is 4.58. The van der Waals surface area contributed by atoms with Crippen LogP contribution in [0.25, 0.3) is 0 Å². The Labute approximate surface area is 147 Å². The van der Waals surface area contributed by atoms with E-state index in [1.54, 1.807) is 0 Å². The standard InChI is InChI=1S/C13H19N3O5S2.ClH/c1-7(2)23(20,21)11-5-8(3)9(12(17)16-13(14)15)6-10(11)22(4,18)19;/h5-7H,1-4H3,(H4,14,15,16,17);1H. The maximum atomic E-state index is 12.4. The van der Waals surface area contributed by atoms with Crippen molar-refractivity contribution < 1.29 is 21.6 Å². The lowest BCUT2D eigenvalue weighted by atomic mass is 10.1. The zero-order valence-corrected chi connectivity index (χ0v) is 16.0. The zero-order valence-electron chi connectivity index (χ0n) is 13.6. The first-order valence-electron chi connectivity index (χ1n) is 6.51. The van der Waals surface area contributed by atoms with Crippen LogP contribution in [0.2, 0.25) is 0 Å². The first-order chi connectivity index (χ1) is 10.3. The maximum Gasteiger partial charge on any atom is 0.280 e. The molecule has 0 atom stereocenters. The molecule has 1 aromatic rings. The topological polar surface area (TPSA) is 150 Å². The second-order valence-corrected chi connectivity index (χ2v) is 9.78. The summed E-state index contributed by atoms with van der Waals surface area (Å²) in [6, 6.07) is 2.15. The van der Waals surface area contributed by atoms with Crippen LogP contribution in [0.1, 0.15) is 29.8 Å². The molecule has 0 aliphatic heterocycles.